The fourth-order valence-corrected chi connectivity index (χ4v) is 3.13. The molecular weight excluding hydrogens is 365 g/mol. The van der Waals surface area contributed by atoms with E-state index in [9.17, 15) is 22.8 Å². The summed E-state index contributed by atoms with van der Waals surface area (Å²) in [6.07, 6.45) is -1.31. The molecular formula is C17H17F3N4O3. The number of urea groups is 1. The van der Waals surface area contributed by atoms with Gasteiger partial charge in [-0.1, -0.05) is 12.1 Å². The van der Waals surface area contributed by atoms with Gasteiger partial charge in [0.2, 0.25) is 0 Å². The van der Waals surface area contributed by atoms with E-state index in [1.807, 2.05) is 0 Å². The number of aliphatic carboxylic acids is 1. The van der Waals surface area contributed by atoms with Crippen LogP contribution in [0.5, 0.6) is 0 Å². The third kappa shape index (κ3) is 3.88. The fraction of sp³-hybridized carbons (Fsp3) is 0.353. The van der Waals surface area contributed by atoms with Crippen LogP contribution in [0.2, 0.25) is 0 Å². The van der Waals surface area contributed by atoms with Crippen molar-refractivity contribution in [2.75, 3.05) is 18.4 Å². The van der Waals surface area contributed by atoms with Gasteiger partial charge in [-0.25, -0.2) is 9.78 Å². The molecule has 0 unspecified atom stereocenters. The normalized spacial score (nSPS) is 19.9. The number of carboxylic acids is 1. The molecule has 0 bridgehead atoms. The van der Waals surface area contributed by atoms with Crippen LogP contribution < -0.4 is 5.32 Å². The molecule has 2 amide bonds. The Balaban J connectivity index is 1.75. The van der Waals surface area contributed by atoms with Crippen LogP contribution >= 0.6 is 0 Å². The van der Waals surface area contributed by atoms with Crippen molar-refractivity contribution in [1.82, 2.24) is 14.5 Å². The average molecular weight is 382 g/mol. The largest absolute Gasteiger partial charge is 0.481 e. The van der Waals surface area contributed by atoms with Crippen LogP contribution in [0.25, 0.3) is 11.4 Å². The van der Waals surface area contributed by atoms with Crippen LogP contribution in [0, 0.1) is 11.8 Å². The summed E-state index contributed by atoms with van der Waals surface area (Å²) in [4.78, 5) is 28.6. The summed E-state index contributed by atoms with van der Waals surface area (Å²) in [6, 6.07) is 5.93. The number of nitrogens with one attached hydrogen (secondary N) is 1. The molecule has 7 nitrogen and oxygen atoms in total. The second kappa shape index (κ2) is 6.93. The van der Waals surface area contributed by atoms with Gasteiger partial charge in [-0.05, 0) is 12.1 Å². The number of anilines is 1. The van der Waals surface area contributed by atoms with Gasteiger partial charge in [-0.3, -0.25) is 4.79 Å². The molecule has 144 valence electrons. The third-order valence-electron chi connectivity index (χ3n) is 4.54. The number of likely N-dealkylation sites (tertiary alicyclic amines) is 1. The second-order valence-corrected chi connectivity index (χ2v) is 6.37. The number of hydrogen-bond donors (Lipinski definition) is 2. The molecule has 2 heterocycles. The Morgan fingerprint density at radius 3 is 2.59 bits per heavy atom. The first-order valence-corrected chi connectivity index (χ1v) is 8.10. The van der Waals surface area contributed by atoms with Crippen molar-refractivity contribution in [3.05, 3.63) is 36.7 Å². The summed E-state index contributed by atoms with van der Waals surface area (Å²) < 4.78 is 40.9. The number of aryl methyl sites for hydroxylation is 1. The van der Waals surface area contributed by atoms with E-state index in [4.69, 9.17) is 5.11 Å². The molecule has 0 aliphatic carbocycles. The van der Waals surface area contributed by atoms with Crippen LogP contribution in [0.4, 0.5) is 23.7 Å². The number of imidazole rings is 1. The highest BCUT2D eigenvalue weighted by molar-refractivity contribution is 5.90. The lowest BCUT2D eigenvalue weighted by Gasteiger charge is -2.19. The molecule has 2 N–H and O–H groups in total. The summed E-state index contributed by atoms with van der Waals surface area (Å²) in [7, 11) is 1.81. The standard InChI is InChI=1S/C17H17F3N4O3/c1-23-6-5-21-14(23)10-3-2-4-11(7-10)22-16(27)24-8-12(15(25)26)13(9-24)17(18,19)20/h2-7,12-13H,8-9H2,1H3,(H,22,27)(H,25,26)/t12-,13-/m1/s1. The molecule has 1 saturated heterocycles. The van der Waals surface area contributed by atoms with Crippen molar-refractivity contribution in [3.8, 4) is 11.4 Å². The number of hydrogen-bond acceptors (Lipinski definition) is 3. The highest BCUT2D eigenvalue weighted by atomic mass is 19.4. The first-order chi connectivity index (χ1) is 12.7. The van der Waals surface area contributed by atoms with Crippen molar-refractivity contribution in [2.24, 2.45) is 18.9 Å². The van der Waals surface area contributed by atoms with Gasteiger partial charge in [0.1, 0.15) is 5.82 Å². The van der Waals surface area contributed by atoms with E-state index < -0.39 is 43.1 Å². The number of halogens is 3. The molecule has 1 aliphatic heterocycles. The number of carbonyl (C=O) groups is 2. The summed E-state index contributed by atoms with van der Waals surface area (Å²) >= 11 is 0. The minimum atomic E-state index is -4.68. The Morgan fingerprint density at radius 2 is 2.04 bits per heavy atom. The molecule has 1 fully saturated rings. The number of benzene rings is 1. The van der Waals surface area contributed by atoms with Gasteiger partial charge < -0.3 is 19.9 Å². The van der Waals surface area contributed by atoms with Crippen molar-refractivity contribution in [2.45, 2.75) is 6.18 Å². The Bertz CT molecular complexity index is 865. The Labute approximate surface area is 152 Å². The molecule has 0 spiro atoms. The van der Waals surface area contributed by atoms with Gasteiger partial charge in [-0.15, -0.1) is 0 Å². The maximum absolute atomic E-state index is 13.1. The number of carboxylic acid groups (broad SMARTS) is 1. The monoisotopic (exact) mass is 382 g/mol. The van der Waals surface area contributed by atoms with E-state index >= 15 is 0 Å². The summed E-state index contributed by atoms with van der Waals surface area (Å²) in [6.45, 7) is -1.18. The summed E-state index contributed by atoms with van der Waals surface area (Å²) in [5, 5.41) is 11.6. The zero-order valence-corrected chi connectivity index (χ0v) is 14.3. The zero-order chi connectivity index (χ0) is 19.8. The van der Waals surface area contributed by atoms with E-state index in [1.165, 1.54) is 0 Å². The smallest absolute Gasteiger partial charge is 0.394 e. The number of carbonyl (C=O) groups excluding carboxylic acids is 1. The first kappa shape index (κ1) is 18.7. The third-order valence-corrected chi connectivity index (χ3v) is 4.54. The lowest BCUT2D eigenvalue weighted by Crippen LogP contribution is -2.35. The van der Waals surface area contributed by atoms with Gasteiger partial charge in [-0.2, -0.15) is 13.2 Å². The summed E-state index contributed by atoms with van der Waals surface area (Å²) in [5.74, 6) is -4.66. The van der Waals surface area contributed by atoms with Gasteiger partial charge in [0.15, 0.2) is 0 Å². The van der Waals surface area contributed by atoms with Crippen LogP contribution in [0.3, 0.4) is 0 Å². The number of amides is 2. The Morgan fingerprint density at radius 1 is 1.30 bits per heavy atom. The highest BCUT2D eigenvalue weighted by Gasteiger charge is 2.53. The average Bonchev–Trinajstić information content (AvgIpc) is 3.21. The van der Waals surface area contributed by atoms with Crippen molar-refractivity contribution in [1.29, 1.82) is 0 Å². The first-order valence-electron chi connectivity index (χ1n) is 8.10. The Kier molecular flexibility index (Phi) is 4.81. The van der Waals surface area contributed by atoms with Gasteiger partial charge in [0.05, 0.1) is 11.8 Å². The van der Waals surface area contributed by atoms with Crippen LogP contribution in [0.1, 0.15) is 0 Å². The molecule has 2 atom stereocenters. The maximum atomic E-state index is 13.1. The lowest BCUT2D eigenvalue weighted by molar-refractivity contribution is -0.187. The lowest BCUT2D eigenvalue weighted by atomic mass is 9.96. The van der Waals surface area contributed by atoms with Crippen LogP contribution in [0.15, 0.2) is 36.7 Å². The molecule has 1 aromatic carbocycles. The minimum absolute atomic E-state index is 0.378. The van der Waals surface area contributed by atoms with Gasteiger partial charge in [0.25, 0.3) is 0 Å². The van der Waals surface area contributed by atoms with Crippen LogP contribution in [-0.4, -0.2) is 50.8 Å². The molecule has 2 aromatic rings. The molecule has 10 heteroatoms. The predicted octanol–water partition coefficient (Wildman–Crippen LogP) is 2.81. The topological polar surface area (TPSA) is 87.5 Å². The number of rotatable bonds is 3. The van der Waals surface area contributed by atoms with E-state index in [0.29, 0.717) is 11.5 Å². The van der Waals surface area contributed by atoms with Gasteiger partial charge in [0, 0.05) is 43.8 Å². The molecule has 1 aromatic heterocycles. The SMILES string of the molecule is Cn1ccnc1-c1cccc(NC(=O)N2C[C@@H](C(F)(F)F)[C@H](C(=O)O)C2)c1. The maximum Gasteiger partial charge on any atom is 0.394 e. The summed E-state index contributed by atoms with van der Waals surface area (Å²) in [5.41, 5.74) is 1.10. The predicted molar refractivity (Wildman–Crippen MR) is 89.9 cm³/mol. The number of nitrogens with zero attached hydrogens (tertiary/aromatic N) is 3. The molecule has 0 radical (unpaired) electrons. The van der Waals surface area contributed by atoms with Crippen LogP contribution in [-0.2, 0) is 11.8 Å². The van der Waals surface area contributed by atoms with Crippen molar-refractivity contribution >= 4 is 17.7 Å². The molecule has 1 aliphatic rings. The van der Waals surface area contributed by atoms with Crippen molar-refractivity contribution < 1.29 is 27.9 Å². The van der Waals surface area contributed by atoms with Crippen molar-refractivity contribution in [3.63, 3.8) is 0 Å². The van der Waals surface area contributed by atoms with E-state index in [0.717, 1.165) is 10.5 Å². The highest BCUT2D eigenvalue weighted by Crippen LogP contribution is 2.38. The number of alkyl halides is 3. The van der Waals surface area contributed by atoms with E-state index in [2.05, 4.69) is 10.3 Å². The van der Waals surface area contributed by atoms with E-state index in [1.54, 1.807) is 48.3 Å². The minimum Gasteiger partial charge on any atom is -0.481 e. The van der Waals surface area contributed by atoms with E-state index in [-0.39, 0.29) is 0 Å². The molecule has 3 rings (SSSR count). The van der Waals surface area contributed by atoms with Gasteiger partial charge >= 0.3 is 18.2 Å². The molecule has 27 heavy (non-hydrogen) atoms. The molecule has 0 saturated carbocycles. The Hall–Kier alpha value is -3.04. The zero-order valence-electron chi connectivity index (χ0n) is 14.3. The quantitative estimate of drug-likeness (QED) is 0.855. The number of aromatic nitrogens is 2. The second-order valence-electron chi connectivity index (χ2n) is 6.37. The fourth-order valence-electron chi connectivity index (χ4n) is 3.13.